The topological polar surface area (TPSA) is 20.2 Å². The van der Waals surface area contributed by atoms with Crippen molar-refractivity contribution >= 4 is 11.8 Å². The molecule has 0 saturated heterocycles. The number of hydrogen-bond donors (Lipinski definition) is 1. The van der Waals surface area contributed by atoms with Gasteiger partial charge in [-0.2, -0.15) is 11.8 Å². The highest BCUT2D eigenvalue weighted by Crippen LogP contribution is 2.16. The number of allylic oxidation sites excluding steroid dienone is 1. The van der Waals surface area contributed by atoms with E-state index in [0.29, 0.717) is 0 Å². The maximum Gasteiger partial charge on any atom is 0.0983 e. The van der Waals surface area contributed by atoms with Crippen molar-refractivity contribution in [2.75, 3.05) is 6.26 Å². The van der Waals surface area contributed by atoms with E-state index in [4.69, 9.17) is 5.11 Å². The molecular weight excluding hydrogens is 132 g/mol. The van der Waals surface area contributed by atoms with E-state index in [-0.39, 0.29) is 11.0 Å². The number of aliphatic hydroxyl groups is 1. The van der Waals surface area contributed by atoms with Crippen LogP contribution in [0.3, 0.4) is 0 Å². The summed E-state index contributed by atoms with van der Waals surface area (Å²) in [6.07, 6.45) is 4.51. The Morgan fingerprint density at radius 3 is 2.56 bits per heavy atom. The minimum Gasteiger partial charge on any atom is -0.512 e. The summed E-state index contributed by atoms with van der Waals surface area (Å²) < 4.78 is 0. The van der Waals surface area contributed by atoms with Gasteiger partial charge in [0, 0.05) is 0 Å². The van der Waals surface area contributed by atoms with Gasteiger partial charge in [-0.1, -0.05) is 12.7 Å². The smallest absolute Gasteiger partial charge is 0.0983 e. The van der Waals surface area contributed by atoms with Gasteiger partial charge in [0.05, 0.1) is 11.0 Å². The van der Waals surface area contributed by atoms with Gasteiger partial charge >= 0.3 is 0 Å². The van der Waals surface area contributed by atoms with E-state index in [1.165, 1.54) is 0 Å². The van der Waals surface area contributed by atoms with Crippen LogP contribution in [0, 0.1) is 0 Å². The van der Waals surface area contributed by atoms with Crippen LogP contribution in [-0.2, 0) is 0 Å². The Labute approximate surface area is 60.5 Å². The molecule has 0 amide bonds. The maximum absolute atomic E-state index is 8.88. The quantitative estimate of drug-likeness (QED) is 0.483. The Morgan fingerprint density at radius 2 is 2.44 bits per heavy atom. The lowest BCUT2D eigenvalue weighted by Crippen LogP contribution is -2.02. The van der Waals surface area contributed by atoms with Crippen molar-refractivity contribution in [1.82, 2.24) is 0 Å². The van der Waals surface area contributed by atoms with E-state index in [9.17, 15) is 0 Å². The van der Waals surface area contributed by atoms with E-state index >= 15 is 0 Å². The Balaban J connectivity index is 3.67. The van der Waals surface area contributed by atoms with Crippen molar-refractivity contribution in [1.29, 1.82) is 0 Å². The molecule has 0 spiro atoms. The summed E-state index contributed by atoms with van der Waals surface area (Å²) >= 11 is 1.58. The van der Waals surface area contributed by atoms with Crippen LogP contribution in [0.25, 0.3) is 0 Å². The molecule has 52 valence electrons. The van der Waals surface area contributed by atoms with Crippen LogP contribution in [0.5, 0.6) is 0 Å². The molecule has 0 aliphatic carbocycles. The predicted octanol–water partition coefficient (Wildman–Crippen LogP) is 2.37. The van der Waals surface area contributed by atoms with Crippen LogP contribution < -0.4 is 0 Å². The van der Waals surface area contributed by atoms with E-state index in [1.54, 1.807) is 17.8 Å². The van der Waals surface area contributed by atoms with Gasteiger partial charge in [-0.15, -0.1) is 6.58 Å². The van der Waals surface area contributed by atoms with Crippen molar-refractivity contribution in [3.63, 3.8) is 0 Å². The molecule has 0 aliphatic rings. The molecule has 0 rings (SSSR count). The average molecular weight is 144 g/mol. The van der Waals surface area contributed by atoms with Crippen LogP contribution in [-0.4, -0.2) is 16.6 Å². The Kier molecular flexibility index (Phi) is 4.32. The highest BCUT2D eigenvalue weighted by Gasteiger charge is 2.05. The molecule has 0 bridgehead atoms. The molecule has 0 heterocycles. The first-order valence-electron chi connectivity index (χ1n) is 2.73. The fraction of sp³-hybridized carbons (Fsp3) is 0.429. The second-order valence-electron chi connectivity index (χ2n) is 1.74. The van der Waals surface area contributed by atoms with Crippen LogP contribution in [0.2, 0.25) is 0 Å². The van der Waals surface area contributed by atoms with Gasteiger partial charge in [-0.25, -0.2) is 0 Å². The third-order valence-corrected chi connectivity index (χ3v) is 2.07. The van der Waals surface area contributed by atoms with Crippen LogP contribution >= 0.6 is 11.8 Å². The van der Waals surface area contributed by atoms with Gasteiger partial charge in [0.25, 0.3) is 0 Å². The Morgan fingerprint density at radius 1 is 1.89 bits per heavy atom. The zero-order chi connectivity index (χ0) is 7.28. The summed E-state index contributed by atoms with van der Waals surface area (Å²) in [7, 11) is 0. The first-order valence-corrected chi connectivity index (χ1v) is 4.02. The van der Waals surface area contributed by atoms with Gasteiger partial charge in [0.15, 0.2) is 0 Å². The van der Waals surface area contributed by atoms with Crippen molar-refractivity contribution in [2.24, 2.45) is 0 Å². The minimum absolute atomic E-state index is 0.127. The monoisotopic (exact) mass is 144 g/mol. The van der Waals surface area contributed by atoms with Gasteiger partial charge in [0.2, 0.25) is 0 Å². The van der Waals surface area contributed by atoms with Crippen LogP contribution in [0.15, 0.2) is 25.0 Å². The molecule has 1 atom stereocenters. The largest absolute Gasteiger partial charge is 0.512 e. The number of thioether (sulfide) groups is 1. The summed E-state index contributed by atoms with van der Waals surface area (Å²) in [5.74, 6) is 0.238. The zero-order valence-corrected chi connectivity index (χ0v) is 6.45. The highest BCUT2D eigenvalue weighted by atomic mass is 32.2. The number of rotatable bonds is 4. The van der Waals surface area contributed by atoms with Crippen molar-refractivity contribution in [3.8, 4) is 0 Å². The number of aliphatic hydroxyl groups excluding tert-OH is 1. The molecule has 1 nitrogen and oxygen atoms in total. The molecule has 0 aromatic carbocycles. The maximum atomic E-state index is 8.88. The molecular formula is C7H12OS. The normalized spacial score (nSPS) is 12.6. The zero-order valence-electron chi connectivity index (χ0n) is 5.63. The van der Waals surface area contributed by atoms with Crippen LogP contribution in [0.1, 0.15) is 6.42 Å². The lowest BCUT2D eigenvalue weighted by Gasteiger charge is -2.08. The summed E-state index contributed by atoms with van der Waals surface area (Å²) in [6.45, 7) is 7.00. The summed E-state index contributed by atoms with van der Waals surface area (Å²) in [6, 6.07) is 0. The fourth-order valence-corrected chi connectivity index (χ4v) is 1.12. The molecule has 0 saturated carbocycles. The van der Waals surface area contributed by atoms with Crippen molar-refractivity contribution < 1.29 is 5.11 Å². The average Bonchev–Trinajstić information content (AvgIpc) is 1.82. The summed E-state index contributed by atoms with van der Waals surface area (Å²) in [5, 5.41) is 9.01. The van der Waals surface area contributed by atoms with Gasteiger partial charge in [-0.05, 0) is 12.7 Å². The second-order valence-corrected chi connectivity index (χ2v) is 2.78. The highest BCUT2D eigenvalue weighted by molar-refractivity contribution is 7.99. The lowest BCUT2D eigenvalue weighted by molar-refractivity contribution is 0.397. The predicted molar refractivity (Wildman–Crippen MR) is 43.9 cm³/mol. The molecule has 9 heavy (non-hydrogen) atoms. The molecule has 0 aromatic heterocycles. The molecule has 1 N–H and O–H groups in total. The first kappa shape index (κ1) is 8.63. The molecule has 0 radical (unpaired) electrons. The molecule has 2 heteroatoms. The molecule has 0 aliphatic heterocycles. The minimum atomic E-state index is 0.127. The standard InChI is InChI=1S/C7H12OS/c1-4-5-7(9-3)6(2)8/h4,7-8H,1-2,5H2,3H3. The second kappa shape index (κ2) is 4.50. The van der Waals surface area contributed by atoms with E-state index < -0.39 is 0 Å². The third-order valence-electron chi connectivity index (χ3n) is 1.04. The molecule has 0 fully saturated rings. The third kappa shape index (κ3) is 3.25. The number of hydrogen-bond acceptors (Lipinski definition) is 2. The van der Waals surface area contributed by atoms with Gasteiger partial charge in [-0.3, -0.25) is 0 Å². The van der Waals surface area contributed by atoms with Crippen LogP contribution in [0.4, 0.5) is 0 Å². The first-order chi connectivity index (χ1) is 4.22. The summed E-state index contributed by atoms with van der Waals surface area (Å²) in [5.41, 5.74) is 0. The van der Waals surface area contributed by atoms with E-state index in [0.717, 1.165) is 6.42 Å². The SMILES string of the molecule is C=CCC(SC)C(=C)O. The molecule has 0 aromatic rings. The fourth-order valence-electron chi connectivity index (χ4n) is 0.520. The van der Waals surface area contributed by atoms with E-state index in [2.05, 4.69) is 13.2 Å². The van der Waals surface area contributed by atoms with Gasteiger partial charge in [0.1, 0.15) is 0 Å². The summed E-state index contributed by atoms with van der Waals surface area (Å²) in [4.78, 5) is 0. The van der Waals surface area contributed by atoms with Gasteiger partial charge < -0.3 is 5.11 Å². The Bertz CT molecular complexity index is 109. The van der Waals surface area contributed by atoms with E-state index in [1.807, 2.05) is 6.26 Å². The lowest BCUT2D eigenvalue weighted by atomic mass is 10.3. The van der Waals surface area contributed by atoms with Crippen molar-refractivity contribution in [2.45, 2.75) is 11.7 Å². The Hall–Kier alpha value is -0.370. The molecule has 1 unspecified atom stereocenters. The van der Waals surface area contributed by atoms with Crippen molar-refractivity contribution in [3.05, 3.63) is 25.0 Å².